The SMILES string of the molecule is Cc1cc(N2CCCC(C)C2)ccc1C(=N)N. The quantitative estimate of drug-likeness (QED) is 0.607. The number of hydrogen-bond acceptors (Lipinski definition) is 2. The summed E-state index contributed by atoms with van der Waals surface area (Å²) in [4.78, 5) is 2.44. The summed E-state index contributed by atoms with van der Waals surface area (Å²) in [6, 6.07) is 6.20. The van der Waals surface area contributed by atoms with Crippen LogP contribution in [0.3, 0.4) is 0 Å². The van der Waals surface area contributed by atoms with Crippen molar-refractivity contribution in [2.75, 3.05) is 18.0 Å². The number of amidine groups is 1. The minimum absolute atomic E-state index is 0.154. The molecule has 0 radical (unpaired) electrons. The van der Waals surface area contributed by atoms with Crippen LogP contribution in [0, 0.1) is 18.3 Å². The fourth-order valence-electron chi connectivity index (χ4n) is 2.57. The van der Waals surface area contributed by atoms with Gasteiger partial charge in [-0.2, -0.15) is 0 Å². The van der Waals surface area contributed by atoms with Crippen molar-refractivity contribution in [3.63, 3.8) is 0 Å². The van der Waals surface area contributed by atoms with E-state index in [0.29, 0.717) is 0 Å². The zero-order chi connectivity index (χ0) is 12.4. The molecule has 1 fully saturated rings. The molecule has 0 saturated carbocycles. The second kappa shape index (κ2) is 4.78. The van der Waals surface area contributed by atoms with E-state index < -0.39 is 0 Å². The van der Waals surface area contributed by atoms with Crippen LogP contribution in [0.1, 0.15) is 30.9 Å². The molecule has 17 heavy (non-hydrogen) atoms. The van der Waals surface area contributed by atoms with E-state index in [9.17, 15) is 0 Å². The lowest BCUT2D eigenvalue weighted by Crippen LogP contribution is -2.34. The lowest BCUT2D eigenvalue weighted by molar-refractivity contribution is 0.447. The number of piperidine rings is 1. The number of nitrogens with two attached hydrogens (primary N) is 1. The Morgan fingerprint density at radius 2 is 2.24 bits per heavy atom. The molecule has 2 rings (SSSR count). The zero-order valence-corrected chi connectivity index (χ0v) is 10.7. The maximum absolute atomic E-state index is 7.49. The van der Waals surface area contributed by atoms with Gasteiger partial charge in [-0.3, -0.25) is 5.41 Å². The summed E-state index contributed by atoms with van der Waals surface area (Å²) < 4.78 is 0. The van der Waals surface area contributed by atoms with Gasteiger partial charge in [0.25, 0.3) is 0 Å². The normalized spacial score (nSPS) is 20.4. The molecule has 3 heteroatoms. The monoisotopic (exact) mass is 231 g/mol. The number of nitrogen functional groups attached to an aromatic ring is 1. The van der Waals surface area contributed by atoms with Crippen LogP contribution in [0.5, 0.6) is 0 Å². The summed E-state index contributed by atoms with van der Waals surface area (Å²) in [5.41, 5.74) is 8.73. The topological polar surface area (TPSA) is 53.1 Å². The highest BCUT2D eigenvalue weighted by Crippen LogP contribution is 2.24. The number of nitrogens with zero attached hydrogens (tertiary/aromatic N) is 1. The van der Waals surface area contributed by atoms with Crippen molar-refractivity contribution in [2.45, 2.75) is 26.7 Å². The average molecular weight is 231 g/mol. The molecule has 1 atom stereocenters. The minimum Gasteiger partial charge on any atom is -0.384 e. The molecule has 1 saturated heterocycles. The van der Waals surface area contributed by atoms with Crippen molar-refractivity contribution < 1.29 is 0 Å². The number of anilines is 1. The molecule has 0 aliphatic carbocycles. The van der Waals surface area contributed by atoms with Gasteiger partial charge in [0.1, 0.15) is 5.84 Å². The summed E-state index contributed by atoms with van der Waals surface area (Å²) >= 11 is 0. The van der Waals surface area contributed by atoms with Gasteiger partial charge in [0.2, 0.25) is 0 Å². The van der Waals surface area contributed by atoms with Gasteiger partial charge in [0.15, 0.2) is 0 Å². The van der Waals surface area contributed by atoms with E-state index in [1.165, 1.54) is 18.5 Å². The Labute approximate surface area is 103 Å². The van der Waals surface area contributed by atoms with Crippen LogP contribution < -0.4 is 10.6 Å². The van der Waals surface area contributed by atoms with Crippen molar-refractivity contribution in [3.05, 3.63) is 29.3 Å². The number of hydrogen-bond donors (Lipinski definition) is 2. The Kier molecular flexibility index (Phi) is 3.36. The minimum atomic E-state index is 0.154. The van der Waals surface area contributed by atoms with E-state index in [1.807, 2.05) is 13.0 Å². The molecule has 1 aliphatic rings. The fraction of sp³-hybridized carbons (Fsp3) is 0.500. The molecular weight excluding hydrogens is 210 g/mol. The largest absolute Gasteiger partial charge is 0.384 e. The van der Waals surface area contributed by atoms with Crippen LogP contribution in [0.25, 0.3) is 0 Å². The predicted molar refractivity (Wildman–Crippen MR) is 72.8 cm³/mol. The second-order valence-corrected chi connectivity index (χ2v) is 5.11. The van der Waals surface area contributed by atoms with Gasteiger partial charge >= 0.3 is 0 Å². The summed E-state index contributed by atoms with van der Waals surface area (Å²) in [7, 11) is 0. The first-order valence-corrected chi connectivity index (χ1v) is 6.28. The highest BCUT2D eigenvalue weighted by atomic mass is 15.1. The van der Waals surface area contributed by atoms with Crippen LogP contribution in [-0.4, -0.2) is 18.9 Å². The molecule has 0 aromatic heterocycles. The molecule has 92 valence electrons. The van der Waals surface area contributed by atoms with E-state index in [-0.39, 0.29) is 5.84 Å². The maximum atomic E-state index is 7.49. The summed E-state index contributed by atoms with van der Waals surface area (Å²) in [5, 5.41) is 7.49. The Hall–Kier alpha value is -1.51. The molecule has 3 N–H and O–H groups in total. The molecule has 1 aliphatic heterocycles. The molecule has 0 amide bonds. The second-order valence-electron chi connectivity index (χ2n) is 5.11. The number of aryl methyl sites for hydroxylation is 1. The standard InChI is InChI=1S/C14H21N3/c1-10-4-3-7-17(9-10)12-5-6-13(14(15)16)11(2)8-12/h5-6,8,10H,3-4,7,9H2,1-2H3,(H3,15,16). The van der Waals surface area contributed by atoms with E-state index in [0.717, 1.165) is 30.1 Å². The lowest BCUT2D eigenvalue weighted by Gasteiger charge is -2.33. The van der Waals surface area contributed by atoms with Crippen LogP contribution in [0.2, 0.25) is 0 Å². The summed E-state index contributed by atoms with van der Waals surface area (Å²) in [6.07, 6.45) is 2.61. The van der Waals surface area contributed by atoms with Crippen molar-refractivity contribution in [1.82, 2.24) is 0 Å². The lowest BCUT2D eigenvalue weighted by atomic mass is 9.99. The maximum Gasteiger partial charge on any atom is 0.123 e. The number of nitrogens with one attached hydrogen (secondary N) is 1. The third kappa shape index (κ3) is 2.60. The molecule has 3 nitrogen and oxygen atoms in total. The van der Waals surface area contributed by atoms with Crippen molar-refractivity contribution >= 4 is 11.5 Å². The fourth-order valence-corrected chi connectivity index (χ4v) is 2.57. The highest BCUT2D eigenvalue weighted by molar-refractivity contribution is 5.96. The number of benzene rings is 1. The van der Waals surface area contributed by atoms with Gasteiger partial charge in [-0.25, -0.2) is 0 Å². The van der Waals surface area contributed by atoms with Crippen LogP contribution >= 0.6 is 0 Å². The van der Waals surface area contributed by atoms with Crippen molar-refractivity contribution in [2.24, 2.45) is 11.7 Å². The Morgan fingerprint density at radius 3 is 2.82 bits per heavy atom. The third-order valence-electron chi connectivity index (χ3n) is 3.52. The molecule has 1 heterocycles. The van der Waals surface area contributed by atoms with Crippen molar-refractivity contribution in [3.8, 4) is 0 Å². The average Bonchev–Trinajstić information content (AvgIpc) is 2.28. The van der Waals surface area contributed by atoms with Crippen LogP contribution in [0.4, 0.5) is 5.69 Å². The number of rotatable bonds is 2. The van der Waals surface area contributed by atoms with Gasteiger partial charge in [0, 0.05) is 24.3 Å². The van der Waals surface area contributed by atoms with Crippen LogP contribution in [0.15, 0.2) is 18.2 Å². The molecular formula is C14H21N3. The van der Waals surface area contributed by atoms with Crippen molar-refractivity contribution in [1.29, 1.82) is 5.41 Å². The Morgan fingerprint density at radius 1 is 1.47 bits per heavy atom. The smallest absolute Gasteiger partial charge is 0.123 e. The van der Waals surface area contributed by atoms with Gasteiger partial charge in [-0.15, -0.1) is 0 Å². The van der Waals surface area contributed by atoms with Crippen LogP contribution in [-0.2, 0) is 0 Å². The molecule has 1 aromatic rings. The molecule has 1 aromatic carbocycles. The molecule has 0 spiro atoms. The Bertz CT molecular complexity index is 425. The zero-order valence-electron chi connectivity index (χ0n) is 10.7. The van der Waals surface area contributed by atoms with E-state index in [2.05, 4.69) is 24.0 Å². The van der Waals surface area contributed by atoms with E-state index in [4.69, 9.17) is 11.1 Å². The highest BCUT2D eigenvalue weighted by Gasteiger charge is 2.17. The molecule has 1 unspecified atom stereocenters. The summed E-state index contributed by atoms with van der Waals surface area (Å²) in [5.74, 6) is 0.928. The molecule has 0 bridgehead atoms. The first-order valence-electron chi connectivity index (χ1n) is 6.28. The predicted octanol–water partition coefficient (Wildman–Crippen LogP) is 2.52. The first kappa shape index (κ1) is 12.0. The first-order chi connectivity index (χ1) is 8.08. The van der Waals surface area contributed by atoms with Gasteiger partial charge in [0.05, 0.1) is 0 Å². The van der Waals surface area contributed by atoms with Gasteiger partial charge in [-0.05, 0) is 49.4 Å². The Balaban J connectivity index is 2.22. The third-order valence-corrected chi connectivity index (χ3v) is 3.52. The van der Waals surface area contributed by atoms with Gasteiger partial charge < -0.3 is 10.6 Å². The van der Waals surface area contributed by atoms with E-state index in [1.54, 1.807) is 0 Å². The van der Waals surface area contributed by atoms with Gasteiger partial charge in [-0.1, -0.05) is 6.92 Å². The summed E-state index contributed by atoms with van der Waals surface area (Å²) in [6.45, 7) is 6.61. The van der Waals surface area contributed by atoms with E-state index >= 15 is 0 Å².